The van der Waals surface area contributed by atoms with Crippen LogP contribution in [0.5, 0.6) is 5.75 Å². The fourth-order valence-electron chi connectivity index (χ4n) is 4.13. The molecule has 1 aliphatic heterocycles. The predicted octanol–water partition coefficient (Wildman–Crippen LogP) is 4.18. The molecule has 27 heavy (non-hydrogen) atoms. The molecular formula is C21H26N2O4. The van der Waals surface area contributed by atoms with Crippen molar-refractivity contribution in [3.63, 3.8) is 0 Å². The van der Waals surface area contributed by atoms with Crippen molar-refractivity contribution in [2.24, 2.45) is 0 Å². The number of carboxylic acids is 1. The minimum absolute atomic E-state index is 0.0964. The molecule has 0 saturated carbocycles. The van der Waals surface area contributed by atoms with Crippen molar-refractivity contribution >= 4 is 16.9 Å². The number of rotatable bonds is 7. The van der Waals surface area contributed by atoms with Gasteiger partial charge in [-0.1, -0.05) is 20.3 Å². The van der Waals surface area contributed by atoms with E-state index >= 15 is 0 Å². The Hall–Kier alpha value is -2.52. The molecule has 0 amide bonds. The average molecular weight is 370 g/mol. The number of H-pyrrole nitrogens is 1. The number of benzene rings is 1. The van der Waals surface area contributed by atoms with Crippen LogP contribution in [0.25, 0.3) is 10.9 Å². The zero-order valence-electron chi connectivity index (χ0n) is 16.1. The summed E-state index contributed by atoms with van der Waals surface area (Å²) in [6, 6.07) is 4.09. The molecular weight excluding hydrogens is 344 g/mol. The van der Waals surface area contributed by atoms with Crippen molar-refractivity contribution in [3.05, 3.63) is 28.5 Å². The van der Waals surface area contributed by atoms with E-state index in [-0.39, 0.29) is 6.42 Å². The summed E-state index contributed by atoms with van der Waals surface area (Å²) < 4.78 is 11.9. The fraction of sp³-hybridized carbons (Fsp3) is 0.524. The van der Waals surface area contributed by atoms with Crippen LogP contribution in [0.2, 0.25) is 0 Å². The summed E-state index contributed by atoms with van der Waals surface area (Å²) in [7, 11) is 0. The van der Waals surface area contributed by atoms with Gasteiger partial charge in [0.15, 0.2) is 0 Å². The zero-order valence-corrected chi connectivity index (χ0v) is 16.1. The number of fused-ring (bicyclic) bond motifs is 3. The van der Waals surface area contributed by atoms with Crippen LogP contribution in [0.15, 0.2) is 6.07 Å². The molecule has 0 unspecified atom stereocenters. The maximum Gasteiger partial charge on any atom is 0.306 e. The first-order valence-corrected chi connectivity index (χ1v) is 9.54. The van der Waals surface area contributed by atoms with Gasteiger partial charge < -0.3 is 19.6 Å². The first-order valence-electron chi connectivity index (χ1n) is 9.54. The molecule has 0 spiro atoms. The number of aliphatic carboxylic acids is 1. The van der Waals surface area contributed by atoms with Crippen molar-refractivity contribution in [2.75, 3.05) is 13.2 Å². The Morgan fingerprint density at radius 3 is 2.85 bits per heavy atom. The third-order valence-electron chi connectivity index (χ3n) is 5.25. The molecule has 1 aromatic carbocycles. The van der Waals surface area contributed by atoms with Gasteiger partial charge in [0.2, 0.25) is 0 Å². The van der Waals surface area contributed by atoms with Gasteiger partial charge in [0.05, 0.1) is 42.5 Å². The van der Waals surface area contributed by atoms with E-state index in [0.29, 0.717) is 37.4 Å². The lowest BCUT2D eigenvalue weighted by atomic mass is 9.84. The molecule has 0 aliphatic carbocycles. The molecule has 3 rings (SSSR count). The number of carbonyl (C=O) groups is 1. The molecule has 6 heteroatoms. The van der Waals surface area contributed by atoms with Crippen LogP contribution < -0.4 is 4.74 Å². The van der Waals surface area contributed by atoms with Gasteiger partial charge in [-0.3, -0.25) is 4.79 Å². The predicted molar refractivity (Wildman–Crippen MR) is 102 cm³/mol. The third kappa shape index (κ3) is 3.28. The molecule has 0 radical (unpaired) electrons. The second-order valence-electron chi connectivity index (χ2n) is 7.15. The van der Waals surface area contributed by atoms with Gasteiger partial charge in [-0.05, 0) is 37.8 Å². The Morgan fingerprint density at radius 2 is 2.22 bits per heavy atom. The van der Waals surface area contributed by atoms with E-state index in [1.807, 2.05) is 20.8 Å². The van der Waals surface area contributed by atoms with Gasteiger partial charge in [-0.25, -0.2) is 0 Å². The Bertz CT molecular complexity index is 909. The fourth-order valence-corrected chi connectivity index (χ4v) is 4.13. The van der Waals surface area contributed by atoms with Crippen molar-refractivity contribution < 1.29 is 19.4 Å². The molecule has 2 heterocycles. The van der Waals surface area contributed by atoms with Crippen LogP contribution in [0, 0.1) is 18.3 Å². The van der Waals surface area contributed by atoms with Crippen LogP contribution in [0.1, 0.15) is 61.9 Å². The van der Waals surface area contributed by atoms with Gasteiger partial charge in [-0.15, -0.1) is 0 Å². The van der Waals surface area contributed by atoms with E-state index in [2.05, 4.69) is 11.1 Å². The Kier molecular flexibility index (Phi) is 5.43. The van der Waals surface area contributed by atoms with Gasteiger partial charge in [0, 0.05) is 10.9 Å². The summed E-state index contributed by atoms with van der Waals surface area (Å²) >= 11 is 0. The number of hydrogen-bond donors (Lipinski definition) is 2. The molecule has 144 valence electrons. The molecule has 6 nitrogen and oxygen atoms in total. The van der Waals surface area contributed by atoms with Gasteiger partial charge in [-0.2, -0.15) is 5.26 Å². The van der Waals surface area contributed by atoms with E-state index in [9.17, 15) is 15.2 Å². The number of hydrogen-bond acceptors (Lipinski definition) is 4. The largest absolute Gasteiger partial charge is 0.493 e. The van der Waals surface area contributed by atoms with Gasteiger partial charge >= 0.3 is 5.97 Å². The van der Waals surface area contributed by atoms with Gasteiger partial charge in [0.1, 0.15) is 11.4 Å². The highest BCUT2D eigenvalue weighted by molar-refractivity contribution is 5.94. The average Bonchev–Trinajstić information content (AvgIpc) is 3.03. The van der Waals surface area contributed by atoms with Crippen molar-refractivity contribution in [1.82, 2.24) is 4.98 Å². The maximum atomic E-state index is 11.6. The lowest BCUT2D eigenvalue weighted by Gasteiger charge is -2.36. The summed E-state index contributed by atoms with van der Waals surface area (Å²) in [6.45, 7) is 7.06. The van der Waals surface area contributed by atoms with Crippen molar-refractivity contribution in [2.45, 2.75) is 58.5 Å². The summed E-state index contributed by atoms with van der Waals surface area (Å²) in [5.74, 6) is -0.195. The molecule has 2 aromatic rings. The Labute approximate surface area is 159 Å². The lowest BCUT2D eigenvalue weighted by Crippen LogP contribution is -2.37. The SMILES string of the molecule is CCCOc1cc(C#N)c2c3c([nH]c2c1C)[C@@](CCC)(CC(=O)O)OCC3. The summed E-state index contributed by atoms with van der Waals surface area (Å²) in [5, 5.41) is 20.1. The second kappa shape index (κ2) is 7.61. The highest BCUT2D eigenvalue weighted by Gasteiger charge is 2.42. The van der Waals surface area contributed by atoms with Crippen LogP contribution in [0.3, 0.4) is 0 Å². The second-order valence-corrected chi connectivity index (χ2v) is 7.15. The zero-order chi connectivity index (χ0) is 19.6. The number of aromatic nitrogens is 1. The van der Waals surface area contributed by atoms with Crippen LogP contribution in [-0.4, -0.2) is 29.3 Å². The number of nitrogens with zero attached hydrogens (tertiary/aromatic N) is 1. The smallest absolute Gasteiger partial charge is 0.306 e. The standard InChI is InChI=1S/C21H26N2O4/c1-4-7-21(11-17(24)25)20-15(6-9-27-21)18-14(12-22)10-16(26-8-5-2)13(3)19(18)23-20/h10,23H,4-9,11H2,1-3H3,(H,24,25)/t21-/m1/s1. The Balaban J connectivity index is 2.26. The summed E-state index contributed by atoms with van der Waals surface area (Å²) in [5.41, 5.74) is 3.28. The number of carboxylic acid groups (broad SMARTS) is 1. The Morgan fingerprint density at radius 1 is 1.44 bits per heavy atom. The quantitative estimate of drug-likeness (QED) is 0.762. The molecule has 1 aromatic heterocycles. The van der Waals surface area contributed by atoms with E-state index < -0.39 is 11.6 Å². The molecule has 2 N–H and O–H groups in total. The molecule has 0 bridgehead atoms. The van der Waals surface area contributed by atoms with E-state index in [0.717, 1.165) is 40.6 Å². The molecule has 1 aliphatic rings. The van der Waals surface area contributed by atoms with Crippen LogP contribution >= 0.6 is 0 Å². The third-order valence-corrected chi connectivity index (χ3v) is 5.25. The first-order chi connectivity index (χ1) is 13.0. The van der Waals surface area contributed by atoms with Gasteiger partial charge in [0.25, 0.3) is 0 Å². The van der Waals surface area contributed by atoms with Crippen molar-refractivity contribution in [1.29, 1.82) is 5.26 Å². The van der Waals surface area contributed by atoms with Crippen LogP contribution in [-0.2, 0) is 21.6 Å². The molecule has 0 fully saturated rings. The molecule has 1 atom stereocenters. The number of ether oxygens (including phenoxy) is 2. The van der Waals surface area contributed by atoms with Crippen molar-refractivity contribution in [3.8, 4) is 11.8 Å². The number of aryl methyl sites for hydroxylation is 1. The number of nitrogens with one attached hydrogen (secondary N) is 1. The van der Waals surface area contributed by atoms with Crippen LogP contribution in [0.4, 0.5) is 0 Å². The van der Waals surface area contributed by atoms with E-state index in [4.69, 9.17) is 9.47 Å². The normalized spacial score (nSPS) is 18.9. The number of nitriles is 1. The molecule has 0 saturated heterocycles. The highest BCUT2D eigenvalue weighted by atomic mass is 16.5. The maximum absolute atomic E-state index is 11.6. The minimum atomic E-state index is -0.890. The topological polar surface area (TPSA) is 95.3 Å². The van der Waals surface area contributed by atoms with E-state index in [1.165, 1.54) is 0 Å². The summed E-state index contributed by atoms with van der Waals surface area (Å²) in [4.78, 5) is 15.0. The number of aromatic amines is 1. The minimum Gasteiger partial charge on any atom is -0.493 e. The highest BCUT2D eigenvalue weighted by Crippen LogP contribution is 2.44. The van der Waals surface area contributed by atoms with E-state index in [1.54, 1.807) is 6.07 Å². The first kappa shape index (κ1) is 19.2. The summed E-state index contributed by atoms with van der Waals surface area (Å²) in [6.07, 6.45) is 2.85. The lowest BCUT2D eigenvalue weighted by molar-refractivity contribution is -0.149. The monoisotopic (exact) mass is 370 g/mol.